The summed E-state index contributed by atoms with van der Waals surface area (Å²) in [4.78, 5) is 33.2. The summed E-state index contributed by atoms with van der Waals surface area (Å²) in [7, 11) is 0. The number of aliphatic carboxylic acids is 1. The van der Waals surface area contributed by atoms with Gasteiger partial charge in [-0.25, -0.2) is 9.59 Å². The molecule has 0 saturated heterocycles. The van der Waals surface area contributed by atoms with Crippen molar-refractivity contribution in [2.45, 2.75) is 25.5 Å². The Morgan fingerprint density at radius 1 is 1.26 bits per heavy atom. The number of benzene rings is 2. The van der Waals surface area contributed by atoms with Crippen LogP contribution in [0.4, 0.5) is 14.9 Å². The van der Waals surface area contributed by atoms with Crippen molar-refractivity contribution in [1.82, 2.24) is 5.32 Å². The van der Waals surface area contributed by atoms with Crippen LogP contribution >= 0.6 is 0 Å². The third-order valence-electron chi connectivity index (χ3n) is 3.95. The number of carboxylic acid groups (broad SMARTS) is 1. The number of ether oxygens (including phenoxy) is 1. The molecule has 2 atom stereocenters. The standard InChI is InChI=1S/C18H17FN2O6/c1-11(13-7-8-15(21(25)26)14(19)9-13)16(17(22)23)20-18(24)27-10-12-5-3-2-4-6-12/h2-9,11,16H,10H2,1H3,(H,20,24)(H,22,23)/t11-,16+/m0/s1. The summed E-state index contributed by atoms with van der Waals surface area (Å²) in [5.41, 5.74) is 0.201. The summed E-state index contributed by atoms with van der Waals surface area (Å²) < 4.78 is 18.8. The van der Waals surface area contributed by atoms with Gasteiger partial charge in [0.05, 0.1) is 4.92 Å². The monoisotopic (exact) mass is 376 g/mol. The fourth-order valence-corrected chi connectivity index (χ4v) is 2.44. The third kappa shape index (κ3) is 5.24. The van der Waals surface area contributed by atoms with Gasteiger partial charge in [0.2, 0.25) is 5.82 Å². The highest BCUT2D eigenvalue weighted by molar-refractivity contribution is 5.81. The molecule has 0 radical (unpaired) electrons. The van der Waals surface area contributed by atoms with Gasteiger partial charge in [0, 0.05) is 12.0 Å². The second-order valence-electron chi connectivity index (χ2n) is 5.78. The highest BCUT2D eigenvalue weighted by Gasteiger charge is 2.29. The molecule has 2 N–H and O–H groups in total. The van der Waals surface area contributed by atoms with Gasteiger partial charge in [-0.3, -0.25) is 10.1 Å². The van der Waals surface area contributed by atoms with Crippen LogP contribution in [0.5, 0.6) is 0 Å². The fourth-order valence-electron chi connectivity index (χ4n) is 2.44. The number of carbonyl (C=O) groups is 2. The summed E-state index contributed by atoms with van der Waals surface area (Å²) in [6.45, 7) is 1.41. The van der Waals surface area contributed by atoms with E-state index in [-0.39, 0.29) is 12.2 Å². The molecule has 2 rings (SSSR count). The molecule has 142 valence electrons. The van der Waals surface area contributed by atoms with E-state index in [4.69, 9.17) is 4.74 Å². The van der Waals surface area contributed by atoms with Crippen LogP contribution in [0.3, 0.4) is 0 Å². The van der Waals surface area contributed by atoms with E-state index in [0.29, 0.717) is 0 Å². The van der Waals surface area contributed by atoms with Gasteiger partial charge in [-0.2, -0.15) is 4.39 Å². The van der Waals surface area contributed by atoms with E-state index in [1.54, 1.807) is 30.3 Å². The van der Waals surface area contributed by atoms with Gasteiger partial charge in [-0.15, -0.1) is 0 Å². The molecule has 2 aromatic carbocycles. The predicted molar refractivity (Wildman–Crippen MR) is 92.7 cm³/mol. The first kappa shape index (κ1) is 19.8. The van der Waals surface area contributed by atoms with Crippen molar-refractivity contribution >= 4 is 17.7 Å². The normalized spacial score (nSPS) is 12.7. The number of nitro groups is 1. The lowest BCUT2D eigenvalue weighted by Crippen LogP contribution is -2.44. The van der Waals surface area contributed by atoms with Crippen LogP contribution in [0.2, 0.25) is 0 Å². The zero-order valence-electron chi connectivity index (χ0n) is 14.3. The van der Waals surface area contributed by atoms with Crippen molar-refractivity contribution in [3.05, 3.63) is 75.6 Å². The maximum Gasteiger partial charge on any atom is 0.408 e. The Balaban J connectivity index is 2.07. The van der Waals surface area contributed by atoms with E-state index in [2.05, 4.69) is 5.32 Å². The molecule has 0 spiro atoms. The van der Waals surface area contributed by atoms with Crippen molar-refractivity contribution in [3.8, 4) is 0 Å². The first-order valence-electron chi connectivity index (χ1n) is 7.93. The number of halogens is 1. The Hall–Kier alpha value is -3.49. The van der Waals surface area contributed by atoms with Crippen molar-refractivity contribution in [3.63, 3.8) is 0 Å². The van der Waals surface area contributed by atoms with Crippen LogP contribution in [-0.4, -0.2) is 28.1 Å². The number of carbonyl (C=O) groups excluding carboxylic acids is 1. The molecule has 9 heteroatoms. The molecule has 0 aliphatic carbocycles. The van der Waals surface area contributed by atoms with Crippen LogP contribution < -0.4 is 5.32 Å². The van der Waals surface area contributed by atoms with E-state index in [1.165, 1.54) is 13.0 Å². The Bertz CT molecular complexity index is 843. The van der Waals surface area contributed by atoms with Gasteiger partial charge in [-0.05, 0) is 17.2 Å². The van der Waals surface area contributed by atoms with E-state index >= 15 is 0 Å². The highest BCUT2D eigenvalue weighted by Crippen LogP contribution is 2.25. The van der Waals surface area contributed by atoms with Gasteiger partial charge >= 0.3 is 17.7 Å². The number of rotatable bonds is 7. The molecule has 2 aromatic rings. The third-order valence-corrected chi connectivity index (χ3v) is 3.95. The number of amides is 1. The van der Waals surface area contributed by atoms with Crippen LogP contribution in [0.1, 0.15) is 24.0 Å². The first-order chi connectivity index (χ1) is 12.8. The average Bonchev–Trinajstić information content (AvgIpc) is 2.64. The molecule has 0 saturated carbocycles. The van der Waals surface area contributed by atoms with Gasteiger partial charge in [0.15, 0.2) is 0 Å². The Kier molecular flexibility index (Phi) is 6.42. The first-order valence-corrected chi connectivity index (χ1v) is 7.93. The predicted octanol–water partition coefficient (Wildman–Crippen LogP) is 3.22. The summed E-state index contributed by atoms with van der Waals surface area (Å²) in [5, 5.41) is 22.3. The van der Waals surface area contributed by atoms with Crippen LogP contribution in [0.15, 0.2) is 48.5 Å². The van der Waals surface area contributed by atoms with E-state index in [0.717, 1.165) is 17.7 Å². The molecule has 0 unspecified atom stereocenters. The van der Waals surface area contributed by atoms with E-state index in [9.17, 15) is 29.2 Å². The molecule has 0 heterocycles. The summed E-state index contributed by atoms with van der Waals surface area (Å²) in [5.74, 6) is -3.29. The highest BCUT2D eigenvalue weighted by atomic mass is 19.1. The topological polar surface area (TPSA) is 119 Å². The van der Waals surface area contributed by atoms with Gasteiger partial charge in [-0.1, -0.05) is 43.3 Å². The minimum Gasteiger partial charge on any atom is -0.480 e. The Morgan fingerprint density at radius 2 is 1.93 bits per heavy atom. The lowest BCUT2D eigenvalue weighted by atomic mass is 9.93. The molecular weight excluding hydrogens is 359 g/mol. The van der Waals surface area contributed by atoms with Crippen LogP contribution in [-0.2, 0) is 16.1 Å². The Morgan fingerprint density at radius 3 is 2.48 bits per heavy atom. The molecule has 0 aliphatic heterocycles. The average molecular weight is 376 g/mol. The Labute approximate surface area is 153 Å². The number of hydrogen-bond acceptors (Lipinski definition) is 5. The molecule has 8 nitrogen and oxygen atoms in total. The summed E-state index contributed by atoms with van der Waals surface area (Å²) >= 11 is 0. The lowest BCUT2D eigenvalue weighted by molar-refractivity contribution is -0.387. The smallest absolute Gasteiger partial charge is 0.408 e. The largest absolute Gasteiger partial charge is 0.480 e. The van der Waals surface area contributed by atoms with Gasteiger partial charge in [0.25, 0.3) is 0 Å². The van der Waals surface area contributed by atoms with Gasteiger partial charge < -0.3 is 15.2 Å². The van der Waals surface area contributed by atoms with Crippen molar-refractivity contribution in [2.75, 3.05) is 0 Å². The molecule has 0 aromatic heterocycles. The quantitative estimate of drug-likeness (QED) is 0.566. The fraction of sp³-hybridized carbons (Fsp3) is 0.222. The maximum absolute atomic E-state index is 13.8. The minimum absolute atomic E-state index is 0.0421. The second kappa shape index (κ2) is 8.75. The number of hydrogen-bond donors (Lipinski definition) is 2. The van der Waals surface area contributed by atoms with Crippen LogP contribution in [0.25, 0.3) is 0 Å². The number of nitrogens with zero attached hydrogens (tertiary/aromatic N) is 1. The molecular formula is C18H17FN2O6. The zero-order chi connectivity index (χ0) is 20.0. The number of carboxylic acids is 1. The van der Waals surface area contributed by atoms with Crippen molar-refractivity contribution in [2.24, 2.45) is 0 Å². The van der Waals surface area contributed by atoms with Crippen molar-refractivity contribution < 1.29 is 28.7 Å². The summed E-state index contributed by atoms with van der Waals surface area (Å²) in [6.07, 6.45) is -0.944. The minimum atomic E-state index is -1.41. The van der Waals surface area contributed by atoms with E-state index < -0.39 is 40.5 Å². The van der Waals surface area contributed by atoms with Crippen molar-refractivity contribution in [1.29, 1.82) is 0 Å². The summed E-state index contributed by atoms with van der Waals surface area (Å²) in [6, 6.07) is 10.5. The van der Waals surface area contributed by atoms with Gasteiger partial charge in [0.1, 0.15) is 12.6 Å². The second-order valence-corrected chi connectivity index (χ2v) is 5.78. The number of alkyl carbamates (subject to hydrolysis) is 1. The van der Waals surface area contributed by atoms with E-state index in [1.807, 2.05) is 0 Å². The zero-order valence-corrected chi connectivity index (χ0v) is 14.3. The molecule has 0 bridgehead atoms. The number of nitrogens with one attached hydrogen (secondary N) is 1. The van der Waals surface area contributed by atoms with Crippen LogP contribution in [0, 0.1) is 15.9 Å². The molecule has 1 amide bonds. The molecule has 27 heavy (non-hydrogen) atoms. The molecule has 0 fully saturated rings. The SMILES string of the molecule is C[C@@H](c1ccc([N+](=O)[O-])c(F)c1)[C@@H](NC(=O)OCc1ccccc1)C(=O)O. The number of nitro benzene ring substituents is 1. The maximum atomic E-state index is 13.8. The molecule has 0 aliphatic rings. The lowest BCUT2D eigenvalue weighted by Gasteiger charge is -2.21.